The maximum absolute atomic E-state index is 12.1. The summed E-state index contributed by atoms with van der Waals surface area (Å²) < 4.78 is 0. The second-order valence-corrected chi connectivity index (χ2v) is 4.31. The Labute approximate surface area is 123 Å². The van der Waals surface area contributed by atoms with E-state index in [1.165, 1.54) is 0 Å². The Morgan fingerprint density at radius 3 is 2.11 bits per heavy atom. The zero-order chi connectivity index (χ0) is 12.7. The number of hydrogen-bond donors (Lipinski definition) is 0. The number of Topliss-reactive ketones (excluding diaryl/α,β-unsaturated/α-hetero) is 1. The smallest absolute Gasteiger partial charge is 0.166 e. The Morgan fingerprint density at radius 1 is 1.11 bits per heavy atom. The van der Waals surface area contributed by atoms with E-state index < -0.39 is 0 Å². The molecular weight excluding hydrogens is 261 g/mol. The minimum absolute atomic E-state index is 0. The van der Waals surface area contributed by atoms with Crippen LogP contribution in [0.3, 0.4) is 0 Å². The predicted molar refractivity (Wildman–Crippen MR) is 72.3 cm³/mol. The van der Waals surface area contributed by atoms with E-state index in [0.717, 1.165) is 31.5 Å². The molecule has 18 heavy (non-hydrogen) atoms. The van der Waals surface area contributed by atoms with Gasteiger partial charge in [-0.15, -0.1) is 0 Å². The van der Waals surface area contributed by atoms with Crippen LogP contribution in [-0.4, -0.2) is 30.8 Å². The minimum atomic E-state index is 0. The first-order valence-corrected chi connectivity index (χ1v) is 6.55. The standard InChI is InChI=1S/C13H17NO.C2H6.V/c1-14-9-7-12(8-10-14)13(15)11-5-3-2-4-6-11;1-2;/h2-6,12H,7-10H2,1H3;1-2H3;. The van der Waals surface area contributed by atoms with Gasteiger partial charge >= 0.3 is 0 Å². The van der Waals surface area contributed by atoms with E-state index in [2.05, 4.69) is 11.9 Å². The quantitative estimate of drug-likeness (QED) is 0.777. The molecular formula is C15H23NOV. The molecule has 1 fully saturated rings. The van der Waals surface area contributed by atoms with Crippen LogP contribution in [0.2, 0.25) is 0 Å². The summed E-state index contributed by atoms with van der Waals surface area (Å²) in [6, 6.07) is 9.65. The number of carbonyl (C=O) groups excluding carboxylic acids is 1. The average Bonchev–Trinajstić information content (AvgIpc) is 2.42. The second kappa shape index (κ2) is 9.38. The zero-order valence-electron chi connectivity index (χ0n) is 11.6. The van der Waals surface area contributed by atoms with Crippen LogP contribution < -0.4 is 0 Å². The number of benzene rings is 1. The van der Waals surface area contributed by atoms with Crippen molar-refractivity contribution in [2.75, 3.05) is 20.1 Å². The van der Waals surface area contributed by atoms with E-state index in [4.69, 9.17) is 0 Å². The molecule has 0 unspecified atom stereocenters. The molecule has 0 saturated carbocycles. The fourth-order valence-electron chi connectivity index (χ4n) is 2.11. The van der Waals surface area contributed by atoms with Crippen molar-refractivity contribution in [2.45, 2.75) is 26.7 Å². The zero-order valence-corrected chi connectivity index (χ0v) is 13.0. The minimum Gasteiger partial charge on any atom is -0.306 e. The first-order chi connectivity index (χ1) is 8.27. The topological polar surface area (TPSA) is 20.3 Å². The van der Waals surface area contributed by atoms with Crippen LogP contribution in [-0.2, 0) is 18.6 Å². The summed E-state index contributed by atoms with van der Waals surface area (Å²) in [4.78, 5) is 14.4. The third-order valence-electron chi connectivity index (χ3n) is 3.15. The molecule has 0 atom stereocenters. The van der Waals surface area contributed by atoms with E-state index in [1.807, 2.05) is 44.2 Å². The summed E-state index contributed by atoms with van der Waals surface area (Å²) in [7, 11) is 2.11. The number of nitrogens with zero attached hydrogens (tertiary/aromatic N) is 1. The van der Waals surface area contributed by atoms with Crippen molar-refractivity contribution in [3.63, 3.8) is 0 Å². The molecule has 0 aliphatic carbocycles. The summed E-state index contributed by atoms with van der Waals surface area (Å²) in [5.74, 6) is 0.562. The number of ketones is 1. The van der Waals surface area contributed by atoms with Gasteiger partial charge in [0.2, 0.25) is 0 Å². The Hall–Kier alpha value is -0.566. The van der Waals surface area contributed by atoms with Crippen LogP contribution in [0.5, 0.6) is 0 Å². The number of piperidine rings is 1. The second-order valence-electron chi connectivity index (χ2n) is 4.31. The van der Waals surface area contributed by atoms with E-state index in [1.54, 1.807) is 0 Å². The normalized spacial score (nSPS) is 16.2. The van der Waals surface area contributed by atoms with Gasteiger partial charge in [0.1, 0.15) is 0 Å². The maximum Gasteiger partial charge on any atom is 0.166 e. The van der Waals surface area contributed by atoms with Gasteiger partial charge in [-0.3, -0.25) is 4.79 Å². The Morgan fingerprint density at radius 2 is 1.61 bits per heavy atom. The molecule has 3 heteroatoms. The summed E-state index contributed by atoms with van der Waals surface area (Å²) in [5.41, 5.74) is 0.868. The fourth-order valence-corrected chi connectivity index (χ4v) is 2.11. The number of rotatable bonds is 2. The number of carbonyl (C=O) groups is 1. The first kappa shape index (κ1) is 17.4. The van der Waals surface area contributed by atoms with Crippen molar-refractivity contribution in [1.29, 1.82) is 0 Å². The van der Waals surface area contributed by atoms with Gasteiger partial charge in [-0.05, 0) is 33.0 Å². The van der Waals surface area contributed by atoms with Crippen LogP contribution in [0.4, 0.5) is 0 Å². The van der Waals surface area contributed by atoms with Gasteiger partial charge in [-0.1, -0.05) is 44.2 Å². The first-order valence-electron chi connectivity index (χ1n) is 6.55. The van der Waals surface area contributed by atoms with E-state index in [-0.39, 0.29) is 24.5 Å². The molecule has 1 saturated heterocycles. The Bertz CT molecular complexity index is 332. The number of likely N-dealkylation sites (tertiary alicyclic amines) is 1. The van der Waals surface area contributed by atoms with E-state index >= 15 is 0 Å². The largest absolute Gasteiger partial charge is 0.306 e. The summed E-state index contributed by atoms with van der Waals surface area (Å²) in [6.45, 7) is 6.09. The van der Waals surface area contributed by atoms with Crippen LogP contribution in [0, 0.1) is 5.92 Å². The van der Waals surface area contributed by atoms with Crippen molar-refractivity contribution in [3.8, 4) is 0 Å². The van der Waals surface area contributed by atoms with Crippen LogP contribution in [0.1, 0.15) is 37.0 Å². The van der Waals surface area contributed by atoms with Gasteiger partial charge in [0.15, 0.2) is 5.78 Å². The molecule has 1 radical (unpaired) electrons. The molecule has 0 spiro atoms. The van der Waals surface area contributed by atoms with Gasteiger partial charge < -0.3 is 4.90 Å². The monoisotopic (exact) mass is 284 g/mol. The van der Waals surface area contributed by atoms with Gasteiger partial charge in [0.25, 0.3) is 0 Å². The molecule has 0 amide bonds. The number of hydrogen-bond acceptors (Lipinski definition) is 2. The van der Waals surface area contributed by atoms with Crippen LogP contribution >= 0.6 is 0 Å². The molecule has 2 rings (SSSR count). The fraction of sp³-hybridized carbons (Fsp3) is 0.533. The van der Waals surface area contributed by atoms with Gasteiger partial charge in [0, 0.05) is 30.0 Å². The van der Waals surface area contributed by atoms with E-state index in [9.17, 15) is 4.79 Å². The van der Waals surface area contributed by atoms with Crippen LogP contribution in [0.25, 0.3) is 0 Å². The van der Waals surface area contributed by atoms with Gasteiger partial charge in [0.05, 0.1) is 0 Å². The van der Waals surface area contributed by atoms with Gasteiger partial charge in [-0.2, -0.15) is 0 Å². The molecule has 1 aliphatic heterocycles. The van der Waals surface area contributed by atoms with Crippen molar-refractivity contribution in [3.05, 3.63) is 35.9 Å². The molecule has 1 aromatic carbocycles. The Kier molecular flexibility index (Phi) is 9.08. The predicted octanol–water partition coefficient (Wildman–Crippen LogP) is 3.23. The Balaban J connectivity index is 0.000000917. The third kappa shape index (κ3) is 4.97. The van der Waals surface area contributed by atoms with Gasteiger partial charge in [-0.25, -0.2) is 0 Å². The molecule has 99 valence electrons. The summed E-state index contributed by atoms with van der Waals surface area (Å²) in [5, 5.41) is 0. The van der Waals surface area contributed by atoms with Crippen molar-refractivity contribution >= 4 is 5.78 Å². The molecule has 1 aromatic rings. The molecule has 1 heterocycles. The van der Waals surface area contributed by atoms with Crippen molar-refractivity contribution in [1.82, 2.24) is 4.90 Å². The average molecular weight is 284 g/mol. The van der Waals surface area contributed by atoms with Crippen molar-refractivity contribution < 1.29 is 23.4 Å². The molecule has 0 N–H and O–H groups in total. The summed E-state index contributed by atoms with van der Waals surface area (Å²) in [6.07, 6.45) is 2.01. The SMILES string of the molecule is CC.CN1CCC(C(=O)c2ccccc2)CC1.[V]. The molecule has 0 bridgehead atoms. The molecule has 1 aliphatic rings. The van der Waals surface area contributed by atoms with E-state index in [0.29, 0.717) is 5.78 Å². The van der Waals surface area contributed by atoms with Crippen molar-refractivity contribution in [2.24, 2.45) is 5.92 Å². The summed E-state index contributed by atoms with van der Waals surface area (Å²) >= 11 is 0. The molecule has 0 aromatic heterocycles. The van der Waals surface area contributed by atoms with Crippen LogP contribution in [0.15, 0.2) is 30.3 Å². The third-order valence-corrected chi connectivity index (χ3v) is 3.15. The maximum atomic E-state index is 12.1. The molecule has 2 nitrogen and oxygen atoms in total.